The van der Waals surface area contributed by atoms with Crippen LogP contribution in [-0.4, -0.2) is 32.5 Å². The fourth-order valence-corrected chi connectivity index (χ4v) is 3.17. The highest BCUT2D eigenvalue weighted by molar-refractivity contribution is 5.67. The van der Waals surface area contributed by atoms with Gasteiger partial charge in [-0.3, -0.25) is 14.8 Å². The molecule has 1 aliphatic rings. The minimum atomic E-state index is -0.821. The minimum Gasteiger partial charge on any atom is -0.391 e. The molecule has 3 N–H and O–H groups in total. The fraction of sp³-hybridized carbons (Fsp3) is 0.471. The number of nitrogens with two attached hydrogens (primary N) is 1. The number of rotatable bonds is 5. The number of nitrogens with one attached hydrogen (secondary N) is 1. The summed E-state index contributed by atoms with van der Waals surface area (Å²) < 4.78 is 22.3. The molecule has 0 bridgehead atoms. The van der Waals surface area contributed by atoms with Crippen LogP contribution in [0.1, 0.15) is 33.2 Å². The molecule has 0 saturated heterocycles. The highest BCUT2D eigenvalue weighted by atomic mass is 19.1. The lowest BCUT2D eigenvalue weighted by atomic mass is 9.82. The number of nitrogens with zero attached hydrogens (tertiary/aromatic N) is 3. The zero-order chi connectivity index (χ0) is 19.1. The van der Waals surface area contributed by atoms with Gasteiger partial charge >= 0.3 is 0 Å². The van der Waals surface area contributed by atoms with Crippen LogP contribution >= 0.6 is 0 Å². The van der Waals surface area contributed by atoms with Gasteiger partial charge in [-0.2, -0.15) is 5.10 Å². The Morgan fingerprint density at radius 3 is 2.77 bits per heavy atom. The number of hydrogen-bond donors (Lipinski definition) is 2. The van der Waals surface area contributed by atoms with Crippen LogP contribution in [0.5, 0.6) is 0 Å². The van der Waals surface area contributed by atoms with Crippen LogP contribution < -0.4 is 11.1 Å². The van der Waals surface area contributed by atoms with E-state index in [1.165, 1.54) is 12.1 Å². The van der Waals surface area contributed by atoms with Crippen molar-refractivity contribution >= 4 is 17.1 Å². The number of aromatic nitrogens is 2. The van der Waals surface area contributed by atoms with Gasteiger partial charge in [0.25, 0.3) is 5.69 Å². The number of anilines is 2. The molecular formula is C17H22FN5O3. The van der Waals surface area contributed by atoms with E-state index in [0.29, 0.717) is 6.42 Å². The van der Waals surface area contributed by atoms with Gasteiger partial charge in [0, 0.05) is 18.5 Å². The van der Waals surface area contributed by atoms with Gasteiger partial charge < -0.3 is 15.8 Å². The molecule has 3 atom stereocenters. The van der Waals surface area contributed by atoms with Crippen molar-refractivity contribution in [2.45, 2.75) is 51.0 Å². The van der Waals surface area contributed by atoms with Gasteiger partial charge in [0.1, 0.15) is 5.69 Å². The lowest BCUT2D eigenvalue weighted by Crippen LogP contribution is -2.54. The van der Waals surface area contributed by atoms with Crippen LogP contribution in [0.25, 0.3) is 0 Å². The van der Waals surface area contributed by atoms with E-state index in [0.717, 1.165) is 0 Å². The molecule has 8 nitrogen and oxygen atoms in total. The highest BCUT2D eigenvalue weighted by Crippen LogP contribution is 2.40. The average Bonchev–Trinajstić information content (AvgIpc) is 3.02. The molecule has 1 aromatic heterocycles. The van der Waals surface area contributed by atoms with E-state index in [1.54, 1.807) is 10.9 Å². The van der Waals surface area contributed by atoms with Gasteiger partial charge in [0.2, 0.25) is 0 Å². The van der Waals surface area contributed by atoms with Gasteiger partial charge in [0.05, 0.1) is 34.4 Å². The normalized spacial score (nSPS) is 22.7. The van der Waals surface area contributed by atoms with E-state index in [2.05, 4.69) is 10.4 Å². The van der Waals surface area contributed by atoms with Crippen LogP contribution in [0.2, 0.25) is 0 Å². The van der Waals surface area contributed by atoms with Crippen LogP contribution in [-0.2, 0) is 4.74 Å². The second kappa shape index (κ2) is 6.56. The number of halogens is 1. The van der Waals surface area contributed by atoms with E-state index >= 15 is 0 Å². The summed E-state index contributed by atoms with van der Waals surface area (Å²) in [5.74, 6) is -0.821. The van der Waals surface area contributed by atoms with Gasteiger partial charge in [0.15, 0.2) is 5.82 Å². The average molecular weight is 363 g/mol. The molecule has 0 amide bonds. The monoisotopic (exact) mass is 363 g/mol. The van der Waals surface area contributed by atoms with E-state index in [9.17, 15) is 14.5 Å². The quantitative estimate of drug-likeness (QED) is 0.480. The first kappa shape index (κ1) is 18.1. The topological polar surface area (TPSA) is 108 Å². The smallest absolute Gasteiger partial charge is 0.295 e. The lowest BCUT2D eigenvalue weighted by Gasteiger charge is -2.47. The van der Waals surface area contributed by atoms with E-state index in [4.69, 9.17) is 10.5 Å². The summed E-state index contributed by atoms with van der Waals surface area (Å²) in [6.45, 7) is 5.93. The van der Waals surface area contributed by atoms with Crippen molar-refractivity contribution < 1.29 is 14.1 Å². The van der Waals surface area contributed by atoms with E-state index < -0.39 is 22.1 Å². The fourth-order valence-electron chi connectivity index (χ4n) is 3.17. The summed E-state index contributed by atoms with van der Waals surface area (Å²) in [5, 5.41) is 18.2. The Bertz CT molecular complexity index is 803. The van der Waals surface area contributed by atoms with Gasteiger partial charge in [-0.05, 0) is 39.3 Å². The molecule has 0 radical (unpaired) electrons. The third-order valence-corrected chi connectivity index (χ3v) is 4.31. The second-order valence-corrected chi connectivity index (χ2v) is 7.35. The molecule has 9 heteroatoms. The Kier molecular flexibility index (Phi) is 4.57. The highest BCUT2D eigenvalue weighted by Gasteiger charge is 2.45. The molecule has 2 aromatic rings. The van der Waals surface area contributed by atoms with Crippen LogP contribution in [0.4, 0.5) is 21.5 Å². The lowest BCUT2D eigenvalue weighted by molar-refractivity contribution is -0.384. The predicted molar refractivity (Wildman–Crippen MR) is 95.4 cm³/mol. The molecule has 1 fully saturated rings. The maximum Gasteiger partial charge on any atom is 0.295 e. The molecule has 3 rings (SSSR count). The molecule has 140 valence electrons. The number of benzene rings is 1. The van der Waals surface area contributed by atoms with Crippen LogP contribution in [0.15, 0.2) is 30.6 Å². The summed E-state index contributed by atoms with van der Waals surface area (Å²) in [5.41, 5.74) is 4.45. The SMILES string of the molecule is CC(C)(C)OC1CC(Nc2ccc([N+](=O)[O-])c(N)c2F)C1n1cccn1. The zero-order valence-corrected chi connectivity index (χ0v) is 14.8. The maximum atomic E-state index is 14.4. The standard InChI is InChI=1S/C17H22FN5O3/c1-17(2,3)26-13-9-11(16(13)22-8-4-7-20-22)21-10-5-6-12(23(24)25)15(19)14(10)18/h4-8,11,13,16,21H,9,19H2,1-3H3. The number of nitro groups is 1. The van der Waals surface area contributed by atoms with Crippen molar-refractivity contribution in [3.63, 3.8) is 0 Å². The Balaban J connectivity index is 1.81. The minimum absolute atomic E-state index is 0.0779. The second-order valence-electron chi connectivity index (χ2n) is 7.35. The first-order chi connectivity index (χ1) is 12.2. The van der Waals surface area contributed by atoms with Gasteiger partial charge in [-0.15, -0.1) is 0 Å². The van der Waals surface area contributed by atoms with Crippen molar-refractivity contribution in [3.8, 4) is 0 Å². The molecule has 1 heterocycles. The van der Waals surface area contributed by atoms with Crippen molar-refractivity contribution in [2.75, 3.05) is 11.1 Å². The number of nitrogen functional groups attached to an aromatic ring is 1. The zero-order valence-electron chi connectivity index (χ0n) is 14.8. The van der Waals surface area contributed by atoms with Crippen molar-refractivity contribution in [2.24, 2.45) is 0 Å². The predicted octanol–water partition coefficient (Wildman–Crippen LogP) is 3.12. The van der Waals surface area contributed by atoms with E-state index in [1.807, 2.05) is 33.0 Å². The summed E-state index contributed by atoms with van der Waals surface area (Å²) >= 11 is 0. The maximum absolute atomic E-state index is 14.4. The molecule has 0 spiro atoms. The van der Waals surface area contributed by atoms with Crippen molar-refractivity contribution in [3.05, 3.63) is 46.5 Å². The largest absolute Gasteiger partial charge is 0.391 e. The third kappa shape index (κ3) is 3.48. The van der Waals surface area contributed by atoms with Crippen molar-refractivity contribution in [1.82, 2.24) is 9.78 Å². The summed E-state index contributed by atoms with van der Waals surface area (Å²) in [6, 6.07) is 4.08. The molecule has 1 aliphatic carbocycles. The Labute approximate surface area is 150 Å². The number of nitro benzene ring substituents is 1. The molecule has 3 unspecified atom stereocenters. The van der Waals surface area contributed by atoms with Gasteiger partial charge in [-0.1, -0.05) is 0 Å². The summed E-state index contributed by atoms with van der Waals surface area (Å²) in [4.78, 5) is 10.2. The summed E-state index contributed by atoms with van der Waals surface area (Å²) in [6.07, 6.45) is 4.08. The number of ether oxygens (including phenoxy) is 1. The van der Waals surface area contributed by atoms with Gasteiger partial charge in [-0.25, -0.2) is 4.39 Å². The van der Waals surface area contributed by atoms with Crippen LogP contribution in [0, 0.1) is 15.9 Å². The Morgan fingerprint density at radius 1 is 1.46 bits per heavy atom. The molecule has 26 heavy (non-hydrogen) atoms. The first-order valence-corrected chi connectivity index (χ1v) is 8.33. The van der Waals surface area contributed by atoms with Crippen LogP contribution in [0.3, 0.4) is 0 Å². The first-order valence-electron chi connectivity index (χ1n) is 8.33. The molecule has 0 aliphatic heterocycles. The molecule has 1 aromatic carbocycles. The Hall–Kier alpha value is -2.68. The number of hydrogen-bond acceptors (Lipinski definition) is 6. The molecule has 1 saturated carbocycles. The Morgan fingerprint density at radius 2 is 2.19 bits per heavy atom. The van der Waals surface area contributed by atoms with Crippen molar-refractivity contribution in [1.29, 1.82) is 0 Å². The third-order valence-electron chi connectivity index (χ3n) is 4.31. The molecular weight excluding hydrogens is 341 g/mol. The summed E-state index contributed by atoms with van der Waals surface area (Å²) in [7, 11) is 0. The van der Waals surface area contributed by atoms with E-state index in [-0.39, 0.29) is 29.5 Å².